The normalized spacial score (nSPS) is 10.5. The molecule has 0 saturated carbocycles. The summed E-state index contributed by atoms with van der Waals surface area (Å²) in [7, 11) is 0. The van der Waals surface area contributed by atoms with Crippen LogP contribution in [0.2, 0.25) is 0 Å². The zero-order valence-corrected chi connectivity index (χ0v) is 10.5. The van der Waals surface area contributed by atoms with E-state index in [2.05, 4.69) is 24.4 Å². The molecule has 4 heteroatoms. The number of rotatable bonds is 4. The van der Waals surface area contributed by atoms with E-state index in [1.54, 1.807) is 17.4 Å². The van der Waals surface area contributed by atoms with Crippen molar-refractivity contribution >= 4 is 22.7 Å². The molecule has 17 heavy (non-hydrogen) atoms. The fourth-order valence-corrected chi connectivity index (χ4v) is 2.51. The van der Waals surface area contributed by atoms with Crippen molar-refractivity contribution in [3.63, 3.8) is 0 Å². The van der Waals surface area contributed by atoms with Gasteiger partial charge in [-0.3, -0.25) is 0 Å². The van der Waals surface area contributed by atoms with E-state index in [0.717, 1.165) is 6.42 Å². The molecule has 0 radical (unpaired) electrons. The molecule has 2 nitrogen and oxygen atoms in total. The zero-order chi connectivity index (χ0) is 12.3. The van der Waals surface area contributed by atoms with Crippen molar-refractivity contribution in [1.82, 2.24) is 0 Å². The molecule has 0 aliphatic heterocycles. The van der Waals surface area contributed by atoms with Crippen molar-refractivity contribution in [2.45, 2.75) is 19.9 Å². The van der Waals surface area contributed by atoms with E-state index in [1.165, 1.54) is 21.9 Å². The molecule has 90 valence electrons. The second-order valence-corrected chi connectivity index (χ2v) is 5.10. The second kappa shape index (κ2) is 5.19. The number of aryl methyl sites for hydroxylation is 1. The number of thiophene rings is 1. The van der Waals surface area contributed by atoms with Crippen LogP contribution < -0.4 is 11.1 Å². The summed E-state index contributed by atoms with van der Waals surface area (Å²) >= 11 is 1.77. The molecule has 0 fully saturated rings. The maximum absolute atomic E-state index is 13.1. The van der Waals surface area contributed by atoms with Crippen molar-refractivity contribution in [3.05, 3.63) is 45.9 Å². The van der Waals surface area contributed by atoms with Gasteiger partial charge in [-0.25, -0.2) is 4.39 Å². The van der Waals surface area contributed by atoms with Crippen molar-refractivity contribution in [3.8, 4) is 0 Å². The van der Waals surface area contributed by atoms with Gasteiger partial charge in [0.2, 0.25) is 0 Å². The summed E-state index contributed by atoms with van der Waals surface area (Å²) in [5.74, 6) is -0.312. The van der Waals surface area contributed by atoms with Gasteiger partial charge >= 0.3 is 0 Å². The maximum atomic E-state index is 13.1. The second-order valence-electron chi connectivity index (χ2n) is 3.85. The first kappa shape index (κ1) is 11.9. The van der Waals surface area contributed by atoms with Gasteiger partial charge in [0, 0.05) is 27.7 Å². The molecule has 0 bridgehead atoms. The Morgan fingerprint density at radius 2 is 2.00 bits per heavy atom. The predicted octanol–water partition coefficient (Wildman–Crippen LogP) is 3.64. The lowest BCUT2D eigenvalue weighted by atomic mass is 10.2. The van der Waals surface area contributed by atoms with Crippen LogP contribution in [0.5, 0.6) is 0 Å². The van der Waals surface area contributed by atoms with Crippen LogP contribution in [0.25, 0.3) is 0 Å². The van der Waals surface area contributed by atoms with Crippen LogP contribution >= 0.6 is 11.3 Å². The number of hydrogen-bond acceptors (Lipinski definition) is 3. The molecule has 3 N–H and O–H groups in total. The van der Waals surface area contributed by atoms with E-state index in [1.807, 2.05) is 0 Å². The Hall–Kier alpha value is -1.55. The van der Waals surface area contributed by atoms with Crippen LogP contribution in [0.4, 0.5) is 15.8 Å². The van der Waals surface area contributed by atoms with E-state index in [9.17, 15) is 4.39 Å². The first-order chi connectivity index (χ1) is 8.17. The fourth-order valence-electron chi connectivity index (χ4n) is 1.61. The standard InChI is InChI=1S/C13H15FN2S/c1-2-12-3-4-13(17-12)8-16-11-6-9(14)5-10(15)7-11/h3-7,16H,2,8,15H2,1H3. The third kappa shape index (κ3) is 3.20. The van der Waals surface area contributed by atoms with Crippen LogP contribution in [-0.2, 0) is 13.0 Å². The minimum Gasteiger partial charge on any atom is -0.399 e. The number of anilines is 2. The van der Waals surface area contributed by atoms with Gasteiger partial charge < -0.3 is 11.1 Å². The minimum atomic E-state index is -0.312. The fraction of sp³-hybridized carbons (Fsp3) is 0.231. The molecule has 0 atom stereocenters. The average molecular weight is 250 g/mol. The lowest BCUT2D eigenvalue weighted by Crippen LogP contribution is -1.99. The summed E-state index contributed by atoms with van der Waals surface area (Å²) in [5.41, 5.74) is 6.73. The number of halogens is 1. The topological polar surface area (TPSA) is 38.0 Å². The number of benzene rings is 1. The van der Waals surface area contributed by atoms with E-state index in [4.69, 9.17) is 5.73 Å². The number of hydrogen-bond donors (Lipinski definition) is 2. The minimum absolute atomic E-state index is 0.312. The van der Waals surface area contributed by atoms with Gasteiger partial charge in [0.25, 0.3) is 0 Å². The number of nitrogens with two attached hydrogens (primary N) is 1. The summed E-state index contributed by atoms with van der Waals surface area (Å²) in [6, 6.07) is 8.72. The van der Waals surface area contributed by atoms with Crippen LogP contribution in [0.3, 0.4) is 0 Å². The van der Waals surface area contributed by atoms with Crippen molar-refractivity contribution in [2.75, 3.05) is 11.1 Å². The monoisotopic (exact) mass is 250 g/mol. The molecular formula is C13H15FN2S. The van der Waals surface area contributed by atoms with Gasteiger partial charge in [-0.15, -0.1) is 11.3 Å². The molecular weight excluding hydrogens is 235 g/mol. The number of nitrogens with one attached hydrogen (secondary N) is 1. The summed E-state index contributed by atoms with van der Waals surface area (Å²) in [5, 5.41) is 3.17. The van der Waals surface area contributed by atoms with Crippen molar-refractivity contribution in [2.24, 2.45) is 0 Å². The SMILES string of the molecule is CCc1ccc(CNc2cc(N)cc(F)c2)s1. The van der Waals surface area contributed by atoms with Crippen LogP contribution in [0.15, 0.2) is 30.3 Å². The molecule has 0 aliphatic rings. The molecule has 0 saturated heterocycles. The van der Waals surface area contributed by atoms with Gasteiger partial charge in [-0.1, -0.05) is 6.92 Å². The highest BCUT2D eigenvalue weighted by molar-refractivity contribution is 7.12. The average Bonchev–Trinajstić information content (AvgIpc) is 2.73. The highest BCUT2D eigenvalue weighted by Crippen LogP contribution is 2.20. The van der Waals surface area contributed by atoms with Gasteiger partial charge in [0.05, 0.1) is 0 Å². The lowest BCUT2D eigenvalue weighted by Gasteiger charge is -2.06. The third-order valence-corrected chi connectivity index (χ3v) is 3.68. The van der Waals surface area contributed by atoms with E-state index in [-0.39, 0.29) is 5.82 Å². The first-order valence-corrected chi connectivity index (χ1v) is 6.36. The quantitative estimate of drug-likeness (QED) is 0.813. The summed E-state index contributed by atoms with van der Waals surface area (Å²) < 4.78 is 13.1. The summed E-state index contributed by atoms with van der Waals surface area (Å²) in [4.78, 5) is 2.60. The molecule has 1 aromatic carbocycles. The Morgan fingerprint density at radius 1 is 1.24 bits per heavy atom. The Kier molecular flexibility index (Phi) is 3.64. The summed E-state index contributed by atoms with van der Waals surface area (Å²) in [6.45, 7) is 2.84. The molecule has 1 heterocycles. The van der Waals surface area contributed by atoms with Crippen molar-refractivity contribution < 1.29 is 4.39 Å². The molecule has 2 aromatic rings. The van der Waals surface area contributed by atoms with Crippen LogP contribution in [0.1, 0.15) is 16.7 Å². The van der Waals surface area contributed by atoms with E-state index >= 15 is 0 Å². The molecule has 0 unspecified atom stereocenters. The van der Waals surface area contributed by atoms with Crippen LogP contribution in [0, 0.1) is 5.82 Å². The van der Waals surface area contributed by atoms with Gasteiger partial charge in [-0.2, -0.15) is 0 Å². The molecule has 0 aliphatic carbocycles. The van der Waals surface area contributed by atoms with Crippen molar-refractivity contribution in [1.29, 1.82) is 0 Å². The Balaban J connectivity index is 2.01. The van der Waals surface area contributed by atoms with Crippen LogP contribution in [-0.4, -0.2) is 0 Å². The van der Waals surface area contributed by atoms with Gasteiger partial charge in [0.15, 0.2) is 0 Å². The molecule has 0 amide bonds. The zero-order valence-electron chi connectivity index (χ0n) is 9.66. The highest BCUT2D eigenvalue weighted by Gasteiger charge is 2.01. The van der Waals surface area contributed by atoms with Gasteiger partial charge in [0.1, 0.15) is 5.82 Å². The Morgan fingerprint density at radius 3 is 2.65 bits per heavy atom. The lowest BCUT2D eigenvalue weighted by molar-refractivity contribution is 0.629. The molecule has 1 aromatic heterocycles. The van der Waals surface area contributed by atoms with E-state index < -0.39 is 0 Å². The third-order valence-electron chi connectivity index (χ3n) is 2.45. The Bertz CT molecular complexity index is 488. The number of nitrogen functional groups attached to an aromatic ring is 1. The van der Waals surface area contributed by atoms with E-state index in [0.29, 0.717) is 17.9 Å². The largest absolute Gasteiger partial charge is 0.399 e. The summed E-state index contributed by atoms with van der Waals surface area (Å²) in [6.07, 6.45) is 1.05. The van der Waals surface area contributed by atoms with Gasteiger partial charge in [-0.05, 0) is 36.8 Å². The molecule has 0 spiro atoms. The Labute approximate surface area is 104 Å². The smallest absolute Gasteiger partial charge is 0.127 e. The maximum Gasteiger partial charge on any atom is 0.127 e. The predicted molar refractivity (Wildman–Crippen MR) is 71.8 cm³/mol. The first-order valence-electron chi connectivity index (χ1n) is 5.55. The molecule has 2 rings (SSSR count). The highest BCUT2D eigenvalue weighted by atomic mass is 32.1.